The van der Waals surface area contributed by atoms with Gasteiger partial charge in [0, 0.05) is 22.6 Å². The SMILES string of the molecule is CCc1ccc(N(Cc2ccc(C)s2)C(=O)C(N)COC)cc1. The number of amides is 1. The highest BCUT2D eigenvalue weighted by molar-refractivity contribution is 7.11. The van der Waals surface area contributed by atoms with Gasteiger partial charge in [0.1, 0.15) is 6.04 Å². The van der Waals surface area contributed by atoms with E-state index < -0.39 is 6.04 Å². The van der Waals surface area contributed by atoms with Gasteiger partial charge in [0.05, 0.1) is 13.2 Å². The fourth-order valence-corrected chi connectivity index (χ4v) is 3.26. The first-order chi connectivity index (χ1) is 11.0. The maximum Gasteiger partial charge on any atom is 0.246 e. The van der Waals surface area contributed by atoms with Crippen LogP contribution in [0.25, 0.3) is 0 Å². The largest absolute Gasteiger partial charge is 0.383 e. The minimum atomic E-state index is -0.660. The Hall–Kier alpha value is -1.69. The summed E-state index contributed by atoms with van der Waals surface area (Å²) in [5, 5.41) is 0. The molecule has 1 heterocycles. The van der Waals surface area contributed by atoms with E-state index in [1.54, 1.807) is 23.3 Å². The number of ether oxygens (including phenoxy) is 1. The molecule has 0 spiro atoms. The van der Waals surface area contributed by atoms with Crippen molar-refractivity contribution in [2.24, 2.45) is 5.73 Å². The van der Waals surface area contributed by atoms with E-state index in [2.05, 4.69) is 38.1 Å². The first-order valence-electron chi connectivity index (χ1n) is 7.75. The van der Waals surface area contributed by atoms with Gasteiger partial charge in [-0.15, -0.1) is 11.3 Å². The molecule has 0 aliphatic heterocycles. The molecule has 2 aromatic rings. The van der Waals surface area contributed by atoms with Gasteiger partial charge in [-0.25, -0.2) is 0 Å². The Bertz CT molecular complexity index is 637. The number of benzene rings is 1. The quantitative estimate of drug-likeness (QED) is 0.847. The van der Waals surface area contributed by atoms with Crippen LogP contribution in [0.1, 0.15) is 22.2 Å². The number of carbonyl (C=O) groups is 1. The number of hydrogen-bond donors (Lipinski definition) is 1. The number of hydrogen-bond acceptors (Lipinski definition) is 4. The van der Waals surface area contributed by atoms with Crippen LogP contribution < -0.4 is 10.6 Å². The van der Waals surface area contributed by atoms with Crippen molar-refractivity contribution in [1.82, 2.24) is 0 Å². The molecule has 1 unspecified atom stereocenters. The Morgan fingerprint density at radius 3 is 2.48 bits per heavy atom. The predicted octanol–water partition coefficient (Wildman–Crippen LogP) is 3.13. The van der Waals surface area contributed by atoms with E-state index in [9.17, 15) is 4.79 Å². The van der Waals surface area contributed by atoms with Crippen molar-refractivity contribution in [3.8, 4) is 0 Å². The number of rotatable bonds is 7. The molecule has 0 saturated carbocycles. The Labute approximate surface area is 141 Å². The minimum absolute atomic E-state index is 0.123. The van der Waals surface area contributed by atoms with Gasteiger partial charge in [-0.2, -0.15) is 0 Å². The van der Waals surface area contributed by atoms with E-state index in [1.165, 1.54) is 10.4 Å². The van der Waals surface area contributed by atoms with Crippen molar-refractivity contribution in [3.63, 3.8) is 0 Å². The molecule has 1 atom stereocenters. The Kier molecular flexibility index (Phi) is 6.33. The molecule has 1 aromatic heterocycles. The molecule has 0 fully saturated rings. The van der Waals surface area contributed by atoms with Crippen LogP contribution in [0.5, 0.6) is 0 Å². The summed E-state index contributed by atoms with van der Waals surface area (Å²) in [7, 11) is 1.55. The Balaban J connectivity index is 2.27. The summed E-state index contributed by atoms with van der Waals surface area (Å²) in [6.45, 7) is 4.92. The van der Waals surface area contributed by atoms with E-state index in [0.717, 1.165) is 17.0 Å². The van der Waals surface area contributed by atoms with Gasteiger partial charge in [-0.3, -0.25) is 4.79 Å². The molecule has 5 heteroatoms. The lowest BCUT2D eigenvalue weighted by atomic mass is 10.1. The van der Waals surface area contributed by atoms with E-state index in [-0.39, 0.29) is 12.5 Å². The smallest absolute Gasteiger partial charge is 0.246 e. The molecule has 1 amide bonds. The monoisotopic (exact) mass is 332 g/mol. The molecule has 4 nitrogen and oxygen atoms in total. The third-order valence-corrected chi connectivity index (χ3v) is 4.68. The molecular weight excluding hydrogens is 308 g/mol. The first-order valence-corrected chi connectivity index (χ1v) is 8.57. The van der Waals surface area contributed by atoms with Gasteiger partial charge >= 0.3 is 0 Å². The molecule has 124 valence electrons. The second kappa shape index (κ2) is 8.24. The maximum absolute atomic E-state index is 12.7. The predicted molar refractivity (Wildman–Crippen MR) is 95.9 cm³/mol. The van der Waals surface area contributed by atoms with E-state index in [4.69, 9.17) is 10.5 Å². The summed E-state index contributed by atoms with van der Waals surface area (Å²) in [5.74, 6) is -0.123. The standard InChI is InChI=1S/C18H24N2O2S/c1-4-14-6-8-15(9-7-14)20(18(21)17(19)12-22-3)11-16-10-5-13(2)23-16/h5-10,17H,4,11-12,19H2,1-3H3. The van der Waals surface area contributed by atoms with Crippen molar-refractivity contribution in [1.29, 1.82) is 0 Å². The highest BCUT2D eigenvalue weighted by atomic mass is 32.1. The third kappa shape index (κ3) is 4.64. The van der Waals surface area contributed by atoms with Crippen molar-refractivity contribution < 1.29 is 9.53 Å². The molecule has 0 aliphatic rings. The number of aryl methyl sites for hydroxylation is 2. The summed E-state index contributed by atoms with van der Waals surface area (Å²) >= 11 is 1.69. The van der Waals surface area contributed by atoms with Gasteiger partial charge < -0.3 is 15.4 Å². The maximum atomic E-state index is 12.7. The molecule has 1 aromatic carbocycles. The van der Waals surface area contributed by atoms with Crippen LogP contribution in [0, 0.1) is 6.92 Å². The van der Waals surface area contributed by atoms with Crippen LogP contribution in [0.4, 0.5) is 5.69 Å². The number of methoxy groups -OCH3 is 1. The second-order valence-electron chi connectivity index (χ2n) is 5.52. The van der Waals surface area contributed by atoms with Crippen molar-refractivity contribution >= 4 is 22.9 Å². The molecular formula is C18H24N2O2S. The molecule has 23 heavy (non-hydrogen) atoms. The Morgan fingerprint density at radius 1 is 1.26 bits per heavy atom. The minimum Gasteiger partial charge on any atom is -0.383 e. The first kappa shape index (κ1) is 17.7. The van der Waals surface area contributed by atoms with Gasteiger partial charge in [-0.1, -0.05) is 19.1 Å². The van der Waals surface area contributed by atoms with Crippen LogP contribution in [-0.2, 0) is 22.5 Å². The fourth-order valence-electron chi connectivity index (χ4n) is 2.38. The third-order valence-electron chi connectivity index (χ3n) is 3.70. The highest BCUT2D eigenvalue weighted by Crippen LogP contribution is 2.23. The van der Waals surface area contributed by atoms with Gasteiger partial charge in [0.15, 0.2) is 0 Å². The molecule has 0 radical (unpaired) electrons. The van der Waals surface area contributed by atoms with E-state index in [1.807, 2.05) is 12.1 Å². The van der Waals surface area contributed by atoms with Gasteiger partial charge in [-0.05, 0) is 43.2 Å². The zero-order valence-corrected chi connectivity index (χ0v) is 14.7. The lowest BCUT2D eigenvalue weighted by Crippen LogP contribution is -2.46. The lowest BCUT2D eigenvalue weighted by molar-refractivity contribution is -0.121. The summed E-state index contributed by atoms with van der Waals surface area (Å²) < 4.78 is 5.03. The van der Waals surface area contributed by atoms with Crippen LogP contribution >= 0.6 is 11.3 Å². The van der Waals surface area contributed by atoms with Crippen LogP contribution in [0.3, 0.4) is 0 Å². The molecule has 0 bridgehead atoms. The summed E-state index contributed by atoms with van der Waals surface area (Å²) in [4.78, 5) is 16.8. The number of carbonyl (C=O) groups excluding carboxylic acids is 1. The highest BCUT2D eigenvalue weighted by Gasteiger charge is 2.23. The summed E-state index contributed by atoms with van der Waals surface area (Å²) in [6.07, 6.45) is 0.974. The number of nitrogens with two attached hydrogens (primary N) is 1. The summed E-state index contributed by atoms with van der Waals surface area (Å²) in [5.41, 5.74) is 8.08. The molecule has 2 N–H and O–H groups in total. The van der Waals surface area contributed by atoms with Gasteiger partial charge in [0.2, 0.25) is 5.91 Å². The van der Waals surface area contributed by atoms with Crippen LogP contribution in [-0.4, -0.2) is 25.7 Å². The Morgan fingerprint density at radius 2 is 1.96 bits per heavy atom. The zero-order chi connectivity index (χ0) is 16.8. The van der Waals surface area contributed by atoms with Gasteiger partial charge in [0.25, 0.3) is 0 Å². The number of thiophene rings is 1. The normalized spacial score (nSPS) is 12.2. The topological polar surface area (TPSA) is 55.6 Å². The summed E-state index contributed by atoms with van der Waals surface area (Å²) in [6, 6.07) is 11.5. The van der Waals surface area contributed by atoms with E-state index >= 15 is 0 Å². The van der Waals surface area contributed by atoms with E-state index in [0.29, 0.717) is 6.54 Å². The molecule has 0 saturated heterocycles. The van der Waals surface area contributed by atoms with Crippen molar-refractivity contribution in [2.75, 3.05) is 18.6 Å². The van der Waals surface area contributed by atoms with Crippen LogP contribution in [0.2, 0.25) is 0 Å². The molecule has 0 aliphatic carbocycles. The average molecular weight is 332 g/mol. The van der Waals surface area contributed by atoms with Crippen molar-refractivity contribution in [2.45, 2.75) is 32.9 Å². The lowest BCUT2D eigenvalue weighted by Gasteiger charge is -2.25. The average Bonchev–Trinajstić information content (AvgIpc) is 2.97. The second-order valence-corrected chi connectivity index (χ2v) is 6.89. The van der Waals surface area contributed by atoms with Crippen LogP contribution in [0.15, 0.2) is 36.4 Å². The number of nitrogens with zero attached hydrogens (tertiary/aromatic N) is 1. The zero-order valence-electron chi connectivity index (χ0n) is 13.9. The molecule has 2 rings (SSSR count). The number of anilines is 1. The van der Waals surface area contributed by atoms with Crippen molar-refractivity contribution in [3.05, 3.63) is 51.7 Å². The fraction of sp³-hybridized carbons (Fsp3) is 0.389.